The molecule has 24 heavy (non-hydrogen) atoms. The fourth-order valence-electron chi connectivity index (χ4n) is 3.58. The molecule has 2 atom stereocenters. The number of carbonyl (C=O) groups excluding carboxylic acids is 1. The minimum atomic E-state index is -0.236. The van der Waals surface area contributed by atoms with Gasteiger partial charge in [-0.2, -0.15) is 0 Å². The second-order valence-electron chi connectivity index (χ2n) is 7.65. The number of nitrogens with zero attached hydrogens (tertiary/aromatic N) is 2. The Bertz CT molecular complexity index is 598. The van der Waals surface area contributed by atoms with Gasteiger partial charge in [-0.25, -0.2) is 14.8 Å². The van der Waals surface area contributed by atoms with Crippen molar-refractivity contribution in [1.82, 2.24) is 20.6 Å². The van der Waals surface area contributed by atoms with Crippen LogP contribution in [-0.2, 0) is 11.2 Å². The third kappa shape index (κ3) is 3.53. The number of rotatable bonds is 6. The summed E-state index contributed by atoms with van der Waals surface area (Å²) in [5.41, 5.74) is 0.825. The van der Waals surface area contributed by atoms with Crippen molar-refractivity contribution in [1.29, 1.82) is 0 Å². The van der Waals surface area contributed by atoms with E-state index in [0.717, 1.165) is 30.8 Å². The number of hydrogen-bond acceptors (Lipinski definition) is 4. The maximum atomic E-state index is 12.2. The van der Waals surface area contributed by atoms with Gasteiger partial charge in [0.05, 0.1) is 11.6 Å². The zero-order chi connectivity index (χ0) is 16.6. The minimum absolute atomic E-state index is 0.107. The molecule has 0 bridgehead atoms. The predicted molar refractivity (Wildman–Crippen MR) is 89.7 cm³/mol. The van der Waals surface area contributed by atoms with Crippen molar-refractivity contribution in [2.24, 2.45) is 5.92 Å². The number of nitrogens with one attached hydrogen (secondary N) is 2. The van der Waals surface area contributed by atoms with Gasteiger partial charge in [-0.15, -0.1) is 0 Å². The van der Waals surface area contributed by atoms with Crippen molar-refractivity contribution in [3.63, 3.8) is 0 Å². The molecule has 6 heteroatoms. The topological polar surface area (TPSA) is 76.1 Å². The number of hydrogen-bond donors (Lipinski definition) is 2. The van der Waals surface area contributed by atoms with Crippen LogP contribution in [0.2, 0.25) is 0 Å². The van der Waals surface area contributed by atoms with Gasteiger partial charge in [0, 0.05) is 31.5 Å². The monoisotopic (exact) mass is 330 g/mol. The van der Waals surface area contributed by atoms with Crippen LogP contribution >= 0.6 is 0 Å². The summed E-state index contributed by atoms with van der Waals surface area (Å²) in [6.45, 7) is 3.43. The van der Waals surface area contributed by atoms with Crippen molar-refractivity contribution < 1.29 is 9.53 Å². The summed E-state index contributed by atoms with van der Waals surface area (Å²) >= 11 is 0. The molecule has 1 saturated heterocycles. The standard InChI is InChI=1S/C18H26N4O2/c1-18(7-9-24-15(18)13-2-3-13)22-17(23)19-8-6-12-10-20-16(21-11-12)14-4-5-14/h10-11,13-15H,2-9H2,1H3,(H2,19,22,23). The zero-order valence-electron chi connectivity index (χ0n) is 14.3. The highest BCUT2D eigenvalue weighted by Gasteiger charge is 2.48. The Morgan fingerprint density at radius 3 is 2.71 bits per heavy atom. The number of aromatic nitrogens is 2. The molecule has 3 aliphatic rings. The van der Waals surface area contributed by atoms with E-state index in [4.69, 9.17) is 4.74 Å². The molecule has 0 radical (unpaired) electrons. The lowest BCUT2D eigenvalue weighted by Gasteiger charge is -2.31. The van der Waals surface area contributed by atoms with E-state index >= 15 is 0 Å². The van der Waals surface area contributed by atoms with Crippen LogP contribution in [0.3, 0.4) is 0 Å². The predicted octanol–water partition coefficient (Wildman–Crippen LogP) is 2.15. The molecular formula is C18H26N4O2. The second-order valence-corrected chi connectivity index (χ2v) is 7.65. The summed E-state index contributed by atoms with van der Waals surface area (Å²) in [7, 11) is 0. The lowest BCUT2D eigenvalue weighted by molar-refractivity contribution is 0.0591. The summed E-state index contributed by atoms with van der Waals surface area (Å²) in [6.07, 6.45) is 10.4. The first-order valence-electron chi connectivity index (χ1n) is 9.12. The Balaban J connectivity index is 1.23. The van der Waals surface area contributed by atoms with Crippen LogP contribution in [0.4, 0.5) is 4.79 Å². The third-order valence-electron chi connectivity index (χ3n) is 5.36. The van der Waals surface area contributed by atoms with E-state index < -0.39 is 0 Å². The average molecular weight is 330 g/mol. The molecular weight excluding hydrogens is 304 g/mol. The van der Waals surface area contributed by atoms with Crippen LogP contribution in [0.15, 0.2) is 12.4 Å². The molecule has 2 unspecified atom stereocenters. The molecule has 6 nitrogen and oxygen atoms in total. The maximum Gasteiger partial charge on any atom is 0.315 e. The van der Waals surface area contributed by atoms with E-state index in [2.05, 4.69) is 27.5 Å². The van der Waals surface area contributed by atoms with Gasteiger partial charge in [0.2, 0.25) is 0 Å². The van der Waals surface area contributed by atoms with Gasteiger partial charge >= 0.3 is 6.03 Å². The van der Waals surface area contributed by atoms with E-state index in [1.165, 1.54) is 25.7 Å². The van der Waals surface area contributed by atoms with E-state index in [-0.39, 0.29) is 17.7 Å². The molecule has 2 amide bonds. The molecule has 4 rings (SSSR count). The third-order valence-corrected chi connectivity index (χ3v) is 5.36. The Hall–Kier alpha value is -1.69. The molecule has 1 aromatic heterocycles. The van der Waals surface area contributed by atoms with E-state index in [9.17, 15) is 4.79 Å². The van der Waals surface area contributed by atoms with Gasteiger partial charge in [0.1, 0.15) is 5.82 Å². The second kappa shape index (κ2) is 6.31. The number of ether oxygens (including phenoxy) is 1. The van der Waals surface area contributed by atoms with Gasteiger partial charge in [-0.3, -0.25) is 0 Å². The Kier molecular flexibility index (Phi) is 4.16. The van der Waals surface area contributed by atoms with E-state index in [1.54, 1.807) is 0 Å². The Morgan fingerprint density at radius 2 is 2.04 bits per heavy atom. The molecule has 0 aromatic carbocycles. The Labute approximate surface area is 142 Å². The summed E-state index contributed by atoms with van der Waals surface area (Å²) in [5, 5.41) is 6.09. The van der Waals surface area contributed by atoms with Crippen LogP contribution in [0, 0.1) is 5.92 Å². The lowest BCUT2D eigenvalue weighted by Crippen LogP contribution is -2.55. The molecule has 2 aliphatic carbocycles. The number of urea groups is 1. The highest BCUT2D eigenvalue weighted by atomic mass is 16.5. The Morgan fingerprint density at radius 1 is 1.29 bits per heavy atom. The number of carbonyl (C=O) groups is 1. The summed E-state index contributed by atoms with van der Waals surface area (Å²) in [5.74, 6) is 2.17. The van der Waals surface area contributed by atoms with E-state index in [0.29, 0.717) is 18.4 Å². The molecule has 2 heterocycles. The van der Waals surface area contributed by atoms with Crippen molar-refractivity contribution in [2.45, 2.75) is 63.0 Å². The van der Waals surface area contributed by atoms with Gasteiger partial charge < -0.3 is 15.4 Å². The average Bonchev–Trinajstić information content (AvgIpc) is 3.47. The van der Waals surface area contributed by atoms with Crippen molar-refractivity contribution >= 4 is 6.03 Å². The van der Waals surface area contributed by atoms with Gasteiger partial charge in [0.15, 0.2) is 0 Å². The highest BCUT2D eigenvalue weighted by molar-refractivity contribution is 5.74. The summed E-state index contributed by atoms with van der Waals surface area (Å²) in [6, 6.07) is -0.107. The molecule has 2 N–H and O–H groups in total. The maximum absolute atomic E-state index is 12.2. The normalized spacial score (nSPS) is 29.5. The molecule has 0 spiro atoms. The fourth-order valence-corrected chi connectivity index (χ4v) is 3.58. The minimum Gasteiger partial charge on any atom is -0.375 e. The quantitative estimate of drug-likeness (QED) is 0.838. The lowest BCUT2D eigenvalue weighted by atomic mass is 9.90. The summed E-state index contributed by atoms with van der Waals surface area (Å²) in [4.78, 5) is 21.1. The largest absolute Gasteiger partial charge is 0.375 e. The first kappa shape index (κ1) is 15.8. The first-order chi connectivity index (χ1) is 11.6. The SMILES string of the molecule is CC1(NC(=O)NCCc2cnc(C3CC3)nc2)CCOC1C1CC1. The zero-order valence-corrected chi connectivity index (χ0v) is 14.3. The molecule has 2 saturated carbocycles. The summed E-state index contributed by atoms with van der Waals surface area (Å²) < 4.78 is 5.84. The first-order valence-corrected chi connectivity index (χ1v) is 9.12. The van der Waals surface area contributed by atoms with Crippen LogP contribution in [0.1, 0.15) is 56.3 Å². The van der Waals surface area contributed by atoms with Gasteiger partial charge in [-0.05, 0) is 56.9 Å². The number of amides is 2. The van der Waals surface area contributed by atoms with Gasteiger partial charge in [-0.1, -0.05) is 0 Å². The molecule has 3 fully saturated rings. The van der Waals surface area contributed by atoms with Crippen LogP contribution in [-0.4, -0.2) is 40.8 Å². The van der Waals surface area contributed by atoms with E-state index in [1.807, 2.05) is 12.4 Å². The smallest absolute Gasteiger partial charge is 0.315 e. The molecule has 130 valence electrons. The van der Waals surface area contributed by atoms with Crippen molar-refractivity contribution in [3.8, 4) is 0 Å². The van der Waals surface area contributed by atoms with Crippen LogP contribution in [0.25, 0.3) is 0 Å². The van der Waals surface area contributed by atoms with Crippen LogP contribution in [0.5, 0.6) is 0 Å². The van der Waals surface area contributed by atoms with Gasteiger partial charge in [0.25, 0.3) is 0 Å². The van der Waals surface area contributed by atoms with Crippen molar-refractivity contribution in [2.75, 3.05) is 13.2 Å². The van der Waals surface area contributed by atoms with Crippen molar-refractivity contribution in [3.05, 3.63) is 23.8 Å². The molecule has 1 aliphatic heterocycles. The highest BCUT2D eigenvalue weighted by Crippen LogP contribution is 2.43. The fraction of sp³-hybridized carbons (Fsp3) is 0.722. The molecule has 1 aromatic rings. The van der Waals surface area contributed by atoms with Crippen LogP contribution < -0.4 is 10.6 Å².